The lowest BCUT2D eigenvalue weighted by Gasteiger charge is -2.37. The highest BCUT2D eigenvalue weighted by atomic mass is 79.9. The van der Waals surface area contributed by atoms with Crippen molar-refractivity contribution >= 4 is 15.9 Å². The Morgan fingerprint density at radius 2 is 2.26 bits per heavy atom. The van der Waals surface area contributed by atoms with Crippen molar-refractivity contribution in [2.24, 2.45) is 11.3 Å². The maximum atomic E-state index is 10.5. The van der Waals surface area contributed by atoms with Crippen LogP contribution in [0.4, 0.5) is 0 Å². The van der Waals surface area contributed by atoms with E-state index in [4.69, 9.17) is 4.42 Å². The Kier molecular flexibility index (Phi) is 4.70. The summed E-state index contributed by atoms with van der Waals surface area (Å²) in [5.74, 6) is 1.19. The van der Waals surface area contributed by atoms with Crippen LogP contribution in [0, 0.1) is 22.7 Å². The highest BCUT2D eigenvalue weighted by Crippen LogP contribution is 2.49. The second-order valence-electron chi connectivity index (χ2n) is 5.54. The lowest BCUT2D eigenvalue weighted by Crippen LogP contribution is -2.32. The lowest BCUT2D eigenvalue weighted by atomic mass is 9.67. The van der Waals surface area contributed by atoms with Crippen molar-refractivity contribution in [3.8, 4) is 6.07 Å². The smallest absolute Gasteiger partial charge is 0.148 e. The molecule has 0 radical (unpaired) electrons. The Bertz CT molecular complexity index is 455. The Labute approximate surface area is 122 Å². The molecule has 0 saturated heterocycles. The molecule has 2 rings (SSSR count). The maximum Gasteiger partial charge on any atom is 0.148 e. The first-order valence-electron chi connectivity index (χ1n) is 6.95. The molecule has 1 unspecified atom stereocenters. The fourth-order valence-electron chi connectivity index (χ4n) is 3.09. The topological polar surface area (TPSA) is 57.2 Å². The van der Waals surface area contributed by atoms with E-state index in [2.05, 4.69) is 28.9 Å². The first-order chi connectivity index (χ1) is 9.13. The molecular weight excluding hydrogens is 306 g/mol. The number of hydrogen-bond donors (Lipinski definition) is 1. The fraction of sp³-hybridized carbons (Fsp3) is 0.667. The van der Waals surface area contributed by atoms with E-state index in [-0.39, 0.29) is 0 Å². The normalized spacial score (nSPS) is 28.8. The monoisotopic (exact) mass is 325 g/mol. The third kappa shape index (κ3) is 2.88. The Hall–Kier alpha value is -0.790. The minimum atomic E-state index is -0.843. The van der Waals surface area contributed by atoms with Gasteiger partial charge in [0.05, 0.1) is 22.2 Å². The summed E-state index contributed by atoms with van der Waals surface area (Å²) in [5, 5.41) is 20.1. The molecule has 1 aromatic rings. The molecule has 3 nitrogen and oxygen atoms in total. The highest BCUT2D eigenvalue weighted by molar-refractivity contribution is 9.10. The highest BCUT2D eigenvalue weighted by Gasteiger charge is 2.44. The van der Waals surface area contributed by atoms with E-state index >= 15 is 0 Å². The van der Waals surface area contributed by atoms with Crippen molar-refractivity contribution in [3.63, 3.8) is 0 Å². The predicted octanol–water partition coefficient (Wildman–Crippen LogP) is 4.58. The summed E-state index contributed by atoms with van der Waals surface area (Å²) >= 11 is 3.36. The molecule has 1 atom stereocenters. The Balaban J connectivity index is 2.13. The zero-order valence-corrected chi connectivity index (χ0v) is 12.8. The van der Waals surface area contributed by atoms with Crippen LogP contribution in [0.25, 0.3) is 0 Å². The molecule has 0 aliphatic heterocycles. The van der Waals surface area contributed by atoms with Crippen LogP contribution in [-0.4, -0.2) is 5.11 Å². The molecule has 0 amide bonds. The number of aliphatic hydroxyl groups is 1. The second kappa shape index (κ2) is 6.11. The number of nitrogens with zero attached hydrogens (tertiary/aromatic N) is 1. The summed E-state index contributed by atoms with van der Waals surface area (Å²) in [6.07, 6.45) is 6.66. The van der Waals surface area contributed by atoms with Crippen molar-refractivity contribution in [1.29, 1.82) is 5.26 Å². The van der Waals surface area contributed by atoms with Gasteiger partial charge in [-0.3, -0.25) is 0 Å². The van der Waals surface area contributed by atoms with Gasteiger partial charge in [0.2, 0.25) is 0 Å². The summed E-state index contributed by atoms with van der Waals surface area (Å²) in [5.41, 5.74) is -0.690. The van der Waals surface area contributed by atoms with Crippen molar-refractivity contribution in [2.75, 3.05) is 0 Å². The molecule has 1 fully saturated rings. The van der Waals surface area contributed by atoms with E-state index in [0.29, 0.717) is 11.7 Å². The van der Waals surface area contributed by atoms with Gasteiger partial charge in [-0.1, -0.05) is 19.8 Å². The van der Waals surface area contributed by atoms with Gasteiger partial charge in [-0.05, 0) is 53.6 Å². The van der Waals surface area contributed by atoms with E-state index in [1.54, 1.807) is 6.07 Å². The molecular formula is C15H20BrNO2. The molecule has 104 valence electrons. The van der Waals surface area contributed by atoms with Crippen LogP contribution < -0.4 is 0 Å². The van der Waals surface area contributed by atoms with Crippen LogP contribution in [0.1, 0.15) is 57.3 Å². The number of nitriles is 1. The van der Waals surface area contributed by atoms with Crippen molar-refractivity contribution in [2.45, 2.75) is 51.6 Å². The number of furan rings is 1. The zero-order chi connectivity index (χ0) is 13.9. The molecule has 1 saturated carbocycles. The largest absolute Gasteiger partial charge is 0.465 e. The van der Waals surface area contributed by atoms with Gasteiger partial charge < -0.3 is 9.52 Å². The molecule has 0 spiro atoms. The SMILES string of the molecule is CCCC1CCC(C#N)(C(O)c2occc2Br)CC1. The molecule has 0 aromatic carbocycles. The van der Waals surface area contributed by atoms with E-state index in [9.17, 15) is 10.4 Å². The van der Waals surface area contributed by atoms with Crippen LogP contribution in [0.5, 0.6) is 0 Å². The lowest BCUT2D eigenvalue weighted by molar-refractivity contribution is 0.00848. The minimum absolute atomic E-state index is 0.482. The van der Waals surface area contributed by atoms with Gasteiger partial charge >= 0.3 is 0 Å². The summed E-state index contributed by atoms with van der Waals surface area (Å²) in [7, 11) is 0. The van der Waals surface area contributed by atoms with E-state index in [1.165, 1.54) is 19.1 Å². The van der Waals surface area contributed by atoms with Gasteiger partial charge in [-0.25, -0.2) is 0 Å². The Morgan fingerprint density at radius 1 is 1.58 bits per heavy atom. The first kappa shape index (κ1) is 14.6. The third-order valence-corrected chi connectivity index (χ3v) is 4.99. The average Bonchev–Trinajstić information content (AvgIpc) is 2.85. The minimum Gasteiger partial charge on any atom is -0.465 e. The number of halogens is 1. The van der Waals surface area contributed by atoms with E-state index in [0.717, 1.165) is 30.2 Å². The van der Waals surface area contributed by atoms with Crippen molar-refractivity contribution in [1.82, 2.24) is 0 Å². The number of rotatable bonds is 4. The van der Waals surface area contributed by atoms with Crippen molar-refractivity contribution < 1.29 is 9.52 Å². The number of hydrogen-bond acceptors (Lipinski definition) is 3. The zero-order valence-electron chi connectivity index (χ0n) is 11.2. The Morgan fingerprint density at radius 3 is 2.74 bits per heavy atom. The van der Waals surface area contributed by atoms with Crippen LogP contribution >= 0.6 is 15.9 Å². The van der Waals surface area contributed by atoms with Gasteiger partial charge in [-0.2, -0.15) is 5.26 Å². The second-order valence-corrected chi connectivity index (χ2v) is 6.39. The van der Waals surface area contributed by atoms with E-state index in [1.807, 2.05) is 0 Å². The molecule has 4 heteroatoms. The summed E-state index contributed by atoms with van der Waals surface area (Å²) in [6.45, 7) is 2.20. The number of aliphatic hydroxyl groups excluding tert-OH is 1. The summed E-state index contributed by atoms with van der Waals surface area (Å²) < 4.78 is 6.07. The molecule has 0 bridgehead atoms. The summed E-state index contributed by atoms with van der Waals surface area (Å²) in [4.78, 5) is 0. The molecule has 1 aliphatic rings. The predicted molar refractivity (Wildman–Crippen MR) is 76.3 cm³/mol. The molecule has 19 heavy (non-hydrogen) atoms. The molecule has 1 aromatic heterocycles. The van der Waals surface area contributed by atoms with Crippen molar-refractivity contribution in [3.05, 3.63) is 22.6 Å². The van der Waals surface area contributed by atoms with Gasteiger partial charge in [0.1, 0.15) is 11.9 Å². The van der Waals surface area contributed by atoms with Crippen LogP contribution in [0.15, 0.2) is 21.2 Å². The summed E-state index contributed by atoms with van der Waals surface area (Å²) in [6, 6.07) is 4.12. The standard InChI is InChI=1S/C15H20BrNO2/c1-2-3-11-4-7-15(10-17,8-5-11)14(18)13-12(16)6-9-19-13/h6,9,11,14,18H,2-5,7-8H2,1H3. The van der Waals surface area contributed by atoms with Gasteiger partial charge in [0, 0.05) is 0 Å². The van der Waals surface area contributed by atoms with Gasteiger partial charge in [0.25, 0.3) is 0 Å². The van der Waals surface area contributed by atoms with Gasteiger partial charge in [0.15, 0.2) is 0 Å². The molecule has 1 aliphatic carbocycles. The molecule has 1 heterocycles. The third-order valence-electron chi connectivity index (χ3n) is 4.33. The van der Waals surface area contributed by atoms with Crippen LogP contribution in [0.3, 0.4) is 0 Å². The maximum absolute atomic E-state index is 10.5. The first-order valence-corrected chi connectivity index (χ1v) is 7.74. The average molecular weight is 326 g/mol. The van der Waals surface area contributed by atoms with Crippen LogP contribution in [-0.2, 0) is 0 Å². The quantitative estimate of drug-likeness (QED) is 0.881. The van der Waals surface area contributed by atoms with E-state index < -0.39 is 11.5 Å². The fourth-order valence-corrected chi connectivity index (χ4v) is 3.51. The van der Waals surface area contributed by atoms with Gasteiger partial charge in [-0.15, -0.1) is 0 Å². The van der Waals surface area contributed by atoms with Crippen LogP contribution in [0.2, 0.25) is 0 Å². The molecule has 1 N–H and O–H groups in total.